The third-order valence-electron chi connectivity index (χ3n) is 6.10. The van der Waals surface area contributed by atoms with Crippen LogP contribution in [0.3, 0.4) is 0 Å². The number of hydrogen-bond acceptors (Lipinski definition) is 7. The molecule has 4 rings (SSSR count). The van der Waals surface area contributed by atoms with Crippen LogP contribution in [0, 0.1) is 5.92 Å². The summed E-state index contributed by atoms with van der Waals surface area (Å²) in [6, 6.07) is 2.40. The summed E-state index contributed by atoms with van der Waals surface area (Å²) in [5, 5.41) is 0. The molecule has 3 fully saturated rings. The second kappa shape index (κ2) is 8.39. The summed E-state index contributed by atoms with van der Waals surface area (Å²) in [4.78, 5) is 28.0. The number of likely N-dealkylation sites (tertiary alicyclic amines) is 1. The Kier molecular flexibility index (Phi) is 5.73. The van der Waals surface area contributed by atoms with E-state index >= 15 is 0 Å². The molecule has 0 radical (unpaired) electrons. The van der Waals surface area contributed by atoms with Crippen LogP contribution in [0.1, 0.15) is 25.7 Å². The normalized spacial score (nSPS) is 25.6. The molecular formula is C19H30N6O2. The van der Waals surface area contributed by atoms with Crippen molar-refractivity contribution in [3.8, 4) is 0 Å². The Hall–Kier alpha value is -1.93. The predicted molar refractivity (Wildman–Crippen MR) is 103 cm³/mol. The minimum atomic E-state index is 0.150. The number of nitrogens with zero attached hydrogens (tertiary/aromatic N) is 5. The van der Waals surface area contributed by atoms with Crippen LogP contribution in [0.25, 0.3) is 0 Å². The van der Waals surface area contributed by atoms with Crippen molar-refractivity contribution in [3.05, 3.63) is 12.4 Å². The Balaban J connectivity index is 1.31. The number of amides is 1. The Morgan fingerprint density at radius 2 is 1.85 bits per heavy atom. The molecule has 0 bridgehead atoms. The molecule has 0 aliphatic carbocycles. The molecule has 8 heteroatoms. The first kappa shape index (κ1) is 18.4. The number of rotatable bonds is 3. The second-order valence-electron chi connectivity index (χ2n) is 7.79. The molecule has 3 aliphatic heterocycles. The maximum Gasteiger partial charge on any atom is 0.227 e. The van der Waals surface area contributed by atoms with E-state index in [1.165, 1.54) is 6.33 Å². The Labute approximate surface area is 160 Å². The maximum absolute atomic E-state index is 12.9. The maximum atomic E-state index is 12.9. The van der Waals surface area contributed by atoms with E-state index in [1.807, 2.05) is 11.0 Å². The summed E-state index contributed by atoms with van der Waals surface area (Å²) in [6.07, 6.45) is 5.86. The molecular weight excluding hydrogens is 344 g/mol. The number of anilines is 2. The number of morpholine rings is 1. The van der Waals surface area contributed by atoms with Gasteiger partial charge in [-0.25, -0.2) is 9.97 Å². The minimum absolute atomic E-state index is 0.150. The van der Waals surface area contributed by atoms with Gasteiger partial charge in [-0.3, -0.25) is 9.69 Å². The lowest BCUT2D eigenvalue weighted by atomic mass is 9.92. The van der Waals surface area contributed by atoms with Gasteiger partial charge in [-0.05, 0) is 32.2 Å². The van der Waals surface area contributed by atoms with Gasteiger partial charge in [0.15, 0.2) is 0 Å². The van der Waals surface area contributed by atoms with Crippen LogP contribution < -0.4 is 10.6 Å². The molecule has 0 spiro atoms. The lowest BCUT2D eigenvalue weighted by molar-refractivity contribution is -0.141. The molecule has 148 valence electrons. The number of nitrogen functional groups attached to an aromatic ring is 1. The number of nitrogens with two attached hydrogens (primary N) is 1. The lowest BCUT2D eigenvalue weighted by Gasteiger charge is -2.43. The number of piperidine rings is 2. The van der Waals surface area contributed by atoms with Gasteiger partial charge in [-0.1, -0.05) is 0 Å². The molecule has 27 heavy (non-hydrogen) atoms. The van der Waals surface area contributed by atoms with Crippen molar-refractivity contribution in [3.63, 3.8) is 0 Å². The number of hydrogen-bond donors (Lipinski definition) is 1. The molecule has 1 aromatic heterocycles. The fourth-order valence-electron chi connectivity index (χ4n) is 4.58. The third kappa shape index (κ3) is 4.32. The quantitative estimate of drug-likeness (QED) is 0.829. The van der Waals surface area contributed by atoms with Crippen molar-refractivity contribution < 1.29 is 9.53 Å². The van der Waals surface area contributed by atoms with Gasteiger partial charge in [0.25, 0.3) is 0 Å². The summed E-state index contributed by atoms with van der Waals surface area (Å²) < 4.78 is 5.38. The number of carbonyl (C=O) groups is 1. The zero-order valence-corrected chi connectivity index (χ0v) is 15.9. The summed E-state index contributed by atoms with van der Waals surface area (Å²) in [5.41, 5.74) is 5.78. The van der Waals surface area contributed by atoms with Gasteiger partial charge < -0.3 is 20.3 Å². The first-order chi connectivity index (χ1) is 13.2. The van der Waals surface area contributed by atoms with E-state index < -0.39 is 0 Å². The second-order valence-corrected chi connectivity index (χ2v) is 7.79. The van der Waals surface area contributed by atoms with Crippen molar-refractivity contribution in [2.45, 2.75) is 31.7 Å². The summed E-state index contributed by atoms with van der Waals surface area (Å²) in [6.45, 7) is 6.80. The van der Waals surface area contributed by atoms with Gasteiger partial charge in [-0.2, -0.15) is 0 Å². The van der Waals surface area contributed by atoms with Crippen LogP contribution in [-0.4, -0.2) is 84.2 Å². The van der Waals surface area contributed by atoms with E-state index in [1.54, 1.807) is 0 Å². The van der Waals surface area contributed by atoms with Crippen molar-refractivity contribution in [1.29, 1.82) is 0 Å². The SMILES string of the molecule is Nc1cc(N2CCC(N3CCC[C@@H](C(=O)N4CCOCC4)C3)CC2)ncn1. The molecule has 0 saturated carbocycles. The topological polar surface area (TPSA) is 87.8 Å². The molecule has 4 heterocycles. The van der Waals surface area contributed by atoms with Crippen LogP contribution >= 0.6 is 0 Å². The average molecular weight is 374 g/mol. The Bertz CT molecular complexity index is 643. The number of aromatic nitrogens is 2. The fourth-order valence-corrected chi connectivity index (χ4v) is 4.58. The van der Waals surface area contributed by atoms with Gasteiger partial charge in [0.05, 0.1) is 19.1 Å². The molecule has 1 aromatic rings. The number of carbonyl (C=O) groups excluding carboxylic acids is 1. The first-order valence-electron chi connectivity index (χ1n) is 10.1. The third-order valence-corrected chi connectivity index (χ3v) is 6.10. The van der Waals surface area contributed by atoms with Crippen LogP contribution in [0.15, 0.2) is 12.4 Å². The first-order valence-corrected chi connectivity index (χ1v) is 10.1. The summed E-state index contributed by atoms with van der Waals surface area (Å²) >= 11 is 0. The van der Waals surface area contributed by atoms with Crippen molar-refractivity contribution >= 4 is 17.5 Å². The molecule has 3 aliphatic rings. The fraction of sp³-hybridized carbons (Fsp3) is 0.737. The van der Waals surface area contributed by atoms with E-state index in [-0.39, 0.29) is 5.92 Å². The smallest absolute Gasteiger partial charge is 0.227 e. The van der Waals surface area contributed by atoms with E-state index in [9.17, 15) is 4.79 Å². The van der Waals surface area contributed by atoms with Crippen LogP contribution in [-0.2, 0) is 9.53 Å². The zero-order valence-electron chi connectivity index (χ0n) is 15.9. The molecule has 0 aromatic carbocycles. The standard InChI is InChI=1S/C19H30N6O2/c20-17-12-18(22-14-21-17)23-6-3-16(4-7-23)25-5-1-2-15(13-25)19(26)24-8-10-27-11-9-24/h12,14-16H,1-11,13H2,(H2,20,21,22)/t15-/m1/s1. The molecule has 0 unspecified atom stereocenters. The lowest BCUT2D eigenvalue weighted by Crippen LogP contribution is -2.52. The highest BCUT2D eigenvalue weighted by molar-refractivity contribution is 5.79. The number of ether oxygens (including phenoxy) is 1. The van der Waals surface area contributed by atoms with Gasteiger partial charge in [-0.15, -0.1) is 0 Å². The largest absolute Gasteiger partial charge is 0.384 e. The highest BCUT2D eigenvalue weighted by Gasteiger charge is 2.34. The van der Waals surface area contributed by atoms with Crippen molar-refractivity contribution in [1.82, 2.24) is 19.8 Å². The highest BCUT2D eigenvalue weighted by Crippen LogP contribution is 2.27. The zero-order chi connectivity index (χ0) is 18.6. The minimum Gasteiger partial charge on any atom is -0.384 e. The van der Waals surface area contributed by atoms with Crippen LogP contribution in [0.4, 0.5) is 11.6 Å². The molecule has 2 N–H and O–H groups in total. The molecule has 8 nitrogen and oxygen atoms in total. The highest BCUT2D eigenvalue weighted by atomic mass is 16.5. The van der Waals surface area contributed by atoms with E-state index in [4.69, 9.17) is 10.5 Å². The van der Waals surface area contributed by atoms with E-state index in [2.05, 4.69) is 19.8 Å². The monoisotopic (exact) mass is 374 g/mol. The molecule has 1 amide bonds. The predicted octanol–water partition coefficient (Wildman–Crippen LogP) is 0.598. The average Bonchev–Trinajstić information content (AvgIpc) is 2.74. The molecule has 1 atom stereocenters. The van der Waals surface area contributed by atoms with Crippen LogP contribution in [0.5, 0.6) is 0 Å². The van der Waals surface area contributed by atoms with Gasteiger partial charge in [0.1, 0.15) is 18.0 Å². The summed E-state index contributed by atoms with van der Waals surface area (Å²) in [7, 11) is 0. The van der Waals surface area contributed by atoms with Gasteiger partial charge in [0.2, 0.25) is 5.91 Å². The van der Waals surface area contributed by atoms with E-state index in [0.717, 1.165) is 70.8 Å². The van der Waals surface area contributed by atoms with Crippen molar-refractivity contribution in [2.24, 2.45) is 5.92 Å². The molecule has 3 saturated heterocycles. The summed E-state index contributed by atoms with van der Waals surface area (Å²) in [5.74, 6) is 1.91. The Morgan fingerprint density at radius 1 is 1.07 bits per heavy atom. The van der Waals surface area contributed by atoms with Crippen LogP contribution in [0.2, 0.25) is 0 Å². The van der Waals surface area contributed by atoms with Gasteiger partial charge >= 0.3 is 0 Å². The Morgan fingerprint density at radius 3 is 2.59 bits per heavy atom. The van der Waals surface area contributed by atoms with Crippen molar-refractivity contribution in [2.75, 3.05) is 63.1 Å². The van der Waals surface area contributed by atoms with Gasteiger partial charge in [0, 0.05) is 44.8 Å². The van der Waals surface area contributed by atoms with E-state index in [0.29, 0.717) is 31.0 Å².